The van der Waals surface area contributed by atoms with E-state index in [1.165, 1.54) is 7.11 Å². The van der Waals surface area contributed by atoms with E-state index in [1.54, 1.807) is 23.1 Å². The lowest BCUT2D eigenvalue weighted by atomic mass is 10.2. The highest BCUT2D eigenvalue weighted by Crippen LogP contribution is 2.17. The van der Waals surface area contributed by atoms with E-state index in [-0.39, 0.29) is 5.97 Å². The molecule has 0 amide bonds. The molecular weight excluding hydrogens is 256 g/mol. The summed E-state index contributed by atoms with van der Waals surface area (Å²) in [6.45, 7) is 0.696. The lowest BCUT2D eigenvalue weighted by Crippen LogP contribution is -2.01. The number of methoxy groups -OCH3 is 1. The molecule has 1 aromatic carbocycles. The van der Waals surface area contributed by atoms with Crippen LogP contribution in [0.1, 0.15) is 15.9 Å². The van der Waals surface area contributed by atoms with Gasteiger partial charge in [-0.1, -0.05) is 0 Å². The molecular formula is C14H14N4O2. The second-order valence-electron chi connectivity index (χ2n) is 4.59. The van der Waals surface area contributed by atoms with Gasteiger partial charge in [0.15, 0.2) is 0 Å². The molecule has 0 fully saturated rings. The largest absolute Gasteiger partial charge is 0.465 e. The first kappa shape index (κ1) is 12.4. The number of aryl methyl sites for hydroxylation is 1. The topological polar surface area (TPSA) is 61.9 Å². The molecule has 0 atom stereocenters. The van der Waals surface area contributed by atoms with Crippen molar-refractivity contribution < 1.29 is 9.53 Å². The van der Waals surface area contributed by atoms with Gasteiger partial charge in [0.2, 0.25) is 0 Å². The van der Waals surface area contributed by atoms with Crippen LogP contribution < -0.4 is 0 Å². The Balaban J connectivity index is 1.95. The Morgan fingerprint density at radius 3 is 2.95 bits per heavy atom. The lowest BCUT2D eigenvalue weighted by molar-refractivity contribution is 0.0601. The first-order valence-electron chi connectivity index (χ1n) is 6.18. The lowest BCUT2D eigenvalue weighted by Gasteiger charge is -2.03. The van der Waals surface area contributed by atoms with Crippen LogP contribution in [0.4, 0.5) is 0 Å². The summed E-state index contributed by atoms with van der Waals surface area (Å²) in [7, 11) is 3.26. The number of esters is 1. The molecule has 2 aromatic heterocycles. The molecule has 0 bridgehead atoms. The Bertz CT molecular complexity index is 772. The summed E-state index contributed by atoms with van der Waals surface area (Å²) in [6.07, 6.45) is 5.56. The molecule has 0 aliphatic rings. The van der Waals surface area contributed by atoms with Crippen molar-refractivity contribution in [3.8, 4) is 0 Å². The van der Waals surface area contributed by atoms with Crippen LogP contribution in [0.5, 0.6) is 0 Å². The number of imidazole rings is 1. The number of hydrogen-bond donors (Lipinski definition) is 0. The second-order valence-corrected chi connectivity index (χ2v) is 4.59. The predicted molar refractivity (Wildman–Crippen MR) is 73.4 cm³/mol. The van der Waals surface area contributed by atoms with Crippen molar-refractivity contribution in [2.75, 3.05) is 7.11 Å². The molecule has 102 valence electrons. The molecule has 6 heteroatoms. The smallest absolute Gasteiger partial charge is 0.337 e. The number of rotatable bonds is 3. The molecule has 6 nitrogen and oxygen atoms in total. The fourth-order valence-corrected chi connectivity index (χ4v) is 2.18. The van der Waals surface area contributed by atoms with Gasteiger partial charge in [-0.25, -0.2) is 9.78 Å². The maximum atomic E-state index is 11.5. The first-order valence-corrected chi connectivity index (χ1v) is 6.18. The van der Waals surface area contributed by atoms with E-state index in [0.717, 1.165) is 16.6 Å². The number of nitrogens with zero attached hydrogens (tertiary/aromatic N) is 4. The van der Waals surface area contributed by atoms with Crippen molar-refractivity contribution in [3.63, 3.8) is 0 Å². The van der Waals surface area contributed by atoms with Crippen LogP contribution in [-0.4, -0.2) is 32.4 Å². The van der Waals surface area contributed by atoms with Crippen LogP contribution in [-0.2, 0) is 18.3 Å². The Morgan fingerprint density at radius 1 is 1.40 bits per heavy atom. The molecule has 0 aliphatic heterocycles. The minimum absolute atomic E-state index is 0.353. The molecule has 0 N–H and O–H groups in total. The minimum atomic E-state index is -0.353. The van der Waals surface area contributed by atoms with E-state index >= 15 is 0 Å². The third kappa shape index (κ3) is 2.16. The molecule has 0 saturated carbocycles. The van der Waals surface area contributed by atoms with E-state index in [4.69, 9.17) is 4.74 Å². The highest BCUT2D eigenvalue weighted by molar-refractivity contribution is 5.93. The van der Waals surface area contributed by atoms with Gasteiger partial charge in [-0.3, -0.25) is 4.68 Å². The molecule has 3 aromatic rings. The zero-order chi connectivity index (χ0) is 14.1. The molecule has 3 rings (SSSR count). The van der Waals surface area contributed by atoms with Crippen LogP contribution >= 0.6 is 0 Å². The fraction of sp³-hybridized carbons (Fsp3) is 0.214. The normalized spacial score (nSPS) is 10.9. The number of benzene rings is 1. The SMILES string of the molecule is COC(=O)c1ccc2c(c1)ncn2Cc1cnn(C)c1. The van der Waals surface area contributed by atoms with Crippen LogP contribution in [0, 0.1) is 0 Å². The molecule has 0 radical (unpaired) electrons. The van der Waals surface area contributed by atoms with Gasteiger partial charge in [-0.2, -0.15) is 5.10 Å². The third-order valence-corrected chi connectivity index (χ3v) is 3.15. The highest BCUT2D eigenvalue weighted by atomic mass is 16.5. The van der Waals surface area contributed by atoms with Crippen LogP contribution in [0.25, 0.3) is 11.0 Å². The van der Waals surface area contributed by atoms with Crippen molar-refractivity contribution in [1.29, 1.82) is 0 Å². The molecule has 0 spiro atoms. The first-order chi connectivity index (χ1) is 9.67. The molecule has 0 unspecified atom stereocenters. The number of ether oxygens (including phenoxy) is 1. The summed E-state index contributed by atoms with van der Waals surface area (Å²) in [5.74, 6) is -0.353. The van der Waals surface area contributed by atoms with Gasteiger partial charge >= 0.3 is 5.97 Å². The second kappa shape index (κ2) is 4.80. The quantitative estimate of drug-likeness (QED) is 0.678. The Hall–Kier alpha value is -2.63. The van der Waals surface area contributed by atoms with Crippen molar-refractivity contribution >= 4 is 17.0 Å². The number of carbonyl (C=O) groups excluding carboxylic acids is 1. The number of hydrogen-bond acceptors (Lipinski definition) is 4. The van der Waals surface area contributed by atoms with E-state index in [1.807, 2.05) is 30.1 Å². The van der Waals surface area contributed by atoms with Crippen molar-refractivity contribution in [1.82, 2.24) is 19.3 Å². The Kier molecular flexibility index (Phi) is 2.98. The molecule has 20 heavy (non-hydrogen) atoms. The summed E-state index contributed by atoms with van der Waals surface area (Å²) in [5, 5.41) is 4.15. The maximum absolute atomic E-state index is 11.5. The summed E-state index contributed by atoms with van der Waals surface area (Å²) < 4.78 is 8.49. The zero-order valence-corrected chi connectivity index (χ0v) is 11.3. The maximum Gasteiger partial charge on any atom is 0.337 e. The third-order valence-electron chi connectivity index (χ3n) is 3.15. The Morgan fingerprint density at radius 2 is 2.25 bits per heavy atom. The van der Waals surface area contributed by atoms with E-state index in [9.17, 15) is 4.79 Å². The van der Waals surface area contributed by atoms with Crippen molar-refractivity contribution in [3.05, 3.63) is 48.0 Å². The molecule has 2 heterocycles. The van der Waals surface area contributed by atoms with Crippen LogP contribution in [0.15, 0.2) is 36.9 Å². The average molecular weight is 270 g/mol. The van der Waals surface area contributed by atoms with Gasteiger partial charge in [-0.15, -0.1) is 0 Å². The summed E-state index contributed by atoms with van der Waals surface area (Å²) >= 11 is 0. The highest BCUT2D eigenvalue weighted by Gasteiger charge is 2.09. The summed E-state index contributed by atoms with van der Waals surface area (Å²) in [5.41, 5.74) is 3.36. The van der Waals surface area contributed by atoms with Gasteiger partial charge in [0.05, 0.1) is 42.8 Å². The van der Waals surface area contributed by atoms with Gasteiger partial charge in [0, 0.05) is 18.8 Å². The van der Waals surface area contributed by atoms with Crippen molar-refractivity contribution in [2.45, 2.75) is 6.54 Å². The van der Waals surface area contributed by atoms with Gasteiger partial charge in [0.1, 0.15) is 0 Å². The van der Waals surface area contributed by atoms with E-state index in [0.29, 0.717) is 12.1 Å². The van der Waals surface area contributed by atoms with Crippen LogP contribution in [0.3, 0.4) is 0 Å². The number of aromatic nitrogens is 4. The van der Waals surface area contributed by atoms with Gasteiger partial charge in [-0.05, 0) is 18.2 Å². The van der Waals surface area contributed by atoms with E-state index in [2.05, 4.69) is 10.1 Å². The minimum Gasteiger partial charge on any atom is -0.465 e. The van der Waals surface area contributed by atoms with Gasteiger partial charge < -0.3 is 9.30 Å². The standard InChI is InChI=1S/C14H14N4O2/c1-17-7-10(6-16-17)8-18-9-15-12-5-11(14(19)20-2)3-4-13(12)18/h3-7,9H,8H2,1-2H3. The number of fused-ring (bicyclic) bond motifs is 1. The predicted octanol–water partition coefficient (Wildman–Crippen LogP) is 1.60. The number of carbonyl (C=O) groups is 1. The average Bonchev–Trinajstić information content (AvgIpc) is 3.05. The monoisotopic (exact) mass is 270 g/mol. The summed E-state index contributed by atoms with van der Waals surface area (Å²) in [6, 6.07) is 5.36. The molecule has 0 aliphatic carbocycles. The zero-order valence-electron chi connectivity index (χ0n) is 11.3. The Labute approximate surface area is 115 Å². The summed E-state index contributed by atoms with van der Waals surface area (Å²) in [4.78, 5) is 15.8. The van der Waals surface area contributed by atoms with Crippen molar-refractivity contribution in [2.24, 2.45) is 7.05 Å². The fourth-order valence-electron chi connectivity index (χ4n) is 2.18. The van der Waals surface area contributed by atoms with Gasteiger partial charge in [0.25, 0.3) is 0 Å². The van der Waals surface area contributed by atoms with E-state index < -0.39 is 0 Å². The molecule has 0 saturated heterocycles. The van der Waals surface area contributed by atoms with Crippen LogP contribution in [0.2, 0.25) is 0 Å².